The molecule has 2 fully saturated rings. The van der Waals surface area contributed by atoms with E-state index in [-0.39, 0.29) is 18.1 Å². The number of hydrogen-bond acceptors (Lipinski definition) is 6. The third-order valence-electron chi connectivity index (χ3n) is 5.85. The van der Waals surface area contributed by atoms with Crippen LogP contribution in [0, 0.1) is 0 Å². The van der Waals surface area contributed by atoms with Gasteiger partial charge in [0.25, 0.3) is 5.91 Å². The SMILES string of the molecule is CC(C)Oc1cc(CNc2ncc(C(=O)N3CC[C@H]3C(C)(C)O)cn2)cc(C2CC2)c1. The second kappa shape index (κ2) is 8.46. The predicted octanol–water partition coefficient (Wildman–Crippen LogP) is 3.74. The number of benzene rings is 1. The van der Waals surface area contributed by atoms with E-state index in [2.05, 4.69) is 33.5 Å². The number of hydrogen-bond donors (Lipinski definition) is 2. The highest BCUT2D eigenvalue weighted by atomic mass is 16.5. The maximum Gasteiger partial charge on any atom is 0.257 e. The Balaban J connectivity index is 1.40. The van der Waals surface area contributed by atoms with Crippen LogP contribution in [0.3, 0.4) is 0 Å². The quantitative estimate of drug-likeness (QED) is 0.671. The highest BCUT2D eigenvalue weighted by Gasteiger charge is 2.42. The van der Waals surface area contributed by atoms with Crippen molar-refractivity contribution in [2.24, 2.45) is 0 Å². The summed E-state index contributed by atoms with van der Waals surface area (Å²) in [6.07, 6.45) is 6.50. The van der Waals surface area contributed by atoms with Gasteiger partial charge in [0.15, 0.2) is 0 Å². The van der Waals surface area contributed by atoms with Gasteiger partial charge >= 0.3 is 0 Å². The van der Waals surface area contributed by atoms with Crippen molar-refractivity contribution in [1.82, 2.24) is 14.9 Å². The minimum atomic E-state index is -0.913. The first-order chi connectivity index (χ1) is 14.7. The van der Waals surface area contributed by atoms with Crippen LogP contribution >= 0.6 is 0 Å². The fourth-order valence-corrected chi connectivity index (χ4v) is 4.02. The van der Waals surface area contributed by atoms with Crippen LogP contribution in [0.4, 0.5) is 5.95 Å². The predicted molar refractivity (Wildman–Crippen MR) is 119 cm³/mol. The van der Waals surface area contributed by atoms with E-state index < -0.39 is 5.60 Å². The molecule has 1 aliphatic heterocycles. The van der Waals surface area contributed by atoms with Crippen LogP contribution in [0.5, 0.6) is 5.75 Å². The molecule has 2 aromatic rings. The Kier molecular flexibility index (Phi) is 5.88. The van der Waals surface area contributed by atoms with E-state index in [0.717, 1.165) is 17.7 Å². The van der Waals surface area contributed by atoms with Gasteiger partial charge in [-0.3, -0.25) is 4.79 Å². The molecule has 1 saturated heterocycles. The fourth-order valence-electron chi connectivity index (χ4n) is 4.02. The van der Waals surface area contributed by atoms with E-state index in [1.807, 2.05) is 13.8 Å². The Morgan fingerprint density at radius 1 is 1.23 bits per heavy atom. The fraction of sp³-hybridized carbons (Fsp3) is 0.542. The molecule has 0 spiro atoms. The minimum Gasteiger partial charge on any atom is -0.491 e. The molecule has 1 aromatic carbocycles. The summed E-state index contributed by atoms with van der Waals surface area (Å²) in [6.45, 7) is 8.75. The molecule has 4 rings (SSSR count). The van der Waals surface area contributed by atoms with Gasteiger partial charge in [0.1, 0.15) is 5.75 Å². The molecule has 166 valence electrons. The Labute approximate surface area is 183 Å². The van der Waals surface area contributed by atoms with Crippen molar-refractivity contribution in [3.63, 3.8) is 0 Å². The normalized spacial score (nSPS) is 18.6. The van der Waals surface area contributed by atoms with Crippen LogP contribution in [-0.4, -0.2) is 50.2 Å². The minimum absolute atomic E-state index is 0.131. The van der Waals surface area contributed by atoms with Gasteiger partial charge in [-0.05, 0) is 76.1 Å². The van der Waals surface area contributed by atoms with E-state index >= 15 is 0 Å². The Hall–Kier alpha value is -2.67. The monoisotopic (exact) mass is 424 g/mol. The molecule has 0 bridgehead atoms. The molecule has 2 heterocycles. The van der Waals surface area contributed by atoms with Gasteiger partial charge in [-0.2, -0.15) is 0 Å². The molecule has 0 unspecified atom stereocenters. The first kappa shape index (κ1) is 21.6. The van der Waals surface area contributed by atoms with Gasteiger partial charge in [-0.1, -0.05) is 6.07 Å². The number of anilines is 1. The van der Waals surface area contributed by atoms with Crippen molar-refractivity contribution in [3.05, 3.63) is 47.3 Å². The van der Waals surface area contributed by atoms with Gasteiger partial charge in [-0.15, -0.1) is 0 Å². The van der Waals surface area contributed by atoms with E-state index in [1.54, 1.807) is 31.1 Å². The van der Waals surface area contributed by atoms with Gasteiger partial charge in [0.05, 0.1) is 23.3 Å². The van der Waals surface area contributed by atoms with Crippen molar-refractivity contribution in [3.8, 4) is 5.75 Å². The Morgan fingerprint density at radius 2 is 1.94 bits per heavy atom. The van der Waals surface area contributed by atoms with E-state index in [4.69, 9.17) is 4.74 Å². The van der Waals surface area contributed by atoms with Crippen LogP contribution in [0.2, 0.25) is 0 Å². The number of amides is 1. The number of ether oxygens (including phenoxy) is 1. The number of aliphatic hydroxyl groups is 1. The zero-order valence-electron chi connectivity index (χ0n) is 18.8. The topological polar surface area (TPSA) is 87.6 Å². The van der Waals surface area contributed by atoms with Crippen LogP contribution in [0.15, 0.2) is 30.6 Å². The molecule has 31 heavy (non-hydrogen) atoms. The molecule has 2 N–H and O–H groups in total. The standard InChI is InChI=1S/C24H32N4O3/c1-15(2)31-20-10-16(9-18(11-20)17-5-6-17)12-25-23-26-13-19(14-27-23)22(29)28-8-7-21(28)24(3,4)30/h9-11,13-15,17,21,30H,5-8,12H2,1-4H3,(H,25,26,27)/t21-/m0/s1. The average Bonchev–Trinajstić information content (AvgIpc) is 3.49. The van der Waals surface area contributed by atoms with E-state index in [0.29, 0.717) is 30.5 Å². The molecular formula is C24H32N4O3. The van der Waals surface area contributed by atoms with Gasteiger partial charge in [-0.25, -0.2) is 9.97 Å². The average molecular weight is 425 g/mol. The molecular weight excluding hydrogens is 392 g/mol. The smallest absolute Gasteiger partial charge is 0.257 e. The van der Waals surface area contributed by atoms with Crippen molar-refractivity contribution < 1.29 is 14.6 Å². The molecule has 7 heteroatoms. The van der Waals surface area contributed by atoms with Crippen molar-refractivity contribution in [1.29, 1.82) is 0 Å². The molecule has 1 saturated carbocycles. The summed E-state index contributed by atoms with van der Waals surface area (Å²) >= 11 is 0. The Bertz CT molecular complexity index is 933. The first-order valence-corrected chi connectivity index (χ1v) is 11.1. The number of carbonyl (C=O) groups is 1. The second-order valence-electron chi connectivity index (χ2n) is 9.46. The third-order valence-corrected chi connectivity index (χ3v) is 5.85. The molecule has 1 aliphatic carbocycles. The lowest BCUT2D eigenvalue weighted by Gasteiger charge is -2.47. The molecule has 2 aliphatic rings. The van der Waals surface area contributed by atoms with Gasteiger partial charge < -0.3 is 20.1 Å². The molecule has 0 radical (unpaired) electrons. The lowest BCUT2D eigenvalue weighted by molar-refractivity contribution is -0.0550. The maximum atomic E-state index is 12.7. The summed E-state index contributed by atoms with van der Waals surface area (Å²) in [5, 5.41) is 13.4. The van der Waals surface area contributed by atoms with Crippen LogP contribution < -0.4 is 10.1 Å². The van der Waals surface area contributed by atoms with E-state index in [1.165, 1.54) is 18.4 Å². The highest BCUT2D eigenvalue weighted by Crippen LogP contribution is 2.41. The summed E-state index contributed by atoms with van der Waals surface area (Å²) < 4.78 is 5.92. The second-order valence-corrected chi connectivity index (χ2v) is 9.46. The maximum absolute atomic E-state index is 12.7. The number of nitrogens with zero attached hydrogens (tertiary/aromatic N) is 3. The van der Waals surface area contributed by atoms with Gasteiger partial charge in [0, 0.05) is 25.5 Å². The first-order valence-electron chi connectivity index (χ1n) is 11.1. The largest absolute Gasteiger partial charge is 0.491 e. The molecule has 7 nitrogen and oxygen atoms in total. The molecule has 1 atom stereocenters. The summed E-state index contributed by atoms with van der Waals surface area (Å²) in [5.41, 5.74) is 1.97. The van der Waals surface area contributed by atoms with Crippen molar-refractivity contribution >= 4 is 11.9 Å². The summed E-state index contributed by atoms with van der Waals surface area (Å²) in [7, 11) is 0. The van der Waals surface area contributed by atoms with Crippen molar-refractivity contribution in [2.45, 2.75) is 77.2 Å². The number of rotatable bonds is 8. The number of carbonyl (C=O) groups excluding carboxylic acids is 1. The lowest BCUT2D eigenvalue weighted by Crippen LogP contribution is -2.60. The lowest BCUT2D eigenvalue weighted by atomic mass is 9.87. The van der Waals surface area contributed by atoms with E-state index in [9.17, 15) is 9.90 Å². The summed E-state index contributed by atoms with van der Waals surface area (Å²) in [6, 6.07) is 6.25. The zero-order valence-corrected chi connectivity index (χ0v) is 18.8. The Morgan fingerprint density at radius 3 is 2.48 bits per heavy atom. The zero-order chi connectivity index (χ0) is 22.2. The van der Waals surface area contributed by atoms with Crippen molar-refractivity contribution in [2.75, 3.05) is 11.9 Å². The number of nitrogens with one attached hydrogen (secondary N) is 1. The molecule has 1 aromatic heterocycles. The summed E-state index contributed by atoms with van der Waals surface area (Å²) in [5.74, 6) is 1.87. The third kappa shape index (κ3) is 5.15. The number of likely N-dealkylation sites (tertiary alicyclic amines) is 1. The summed E-state index contributed by atoms with van der Waals surface area (Å²) in [4.78, 5) is 23.0. The highest BCUT2D eigenvalue weighted by molar-refractivity contribution is 5.94. The van der Waals surface area contributed by atoms with Crippen LogP contribution in [0.1, 0.15) is 74.4 Å². The van der Waals surface area contributed by atoms with Gasteiger partial charge in [0.2, 0.25) is 5.95 Å². The van der Waals surface area contributed by atoms with Crippen LogP contribution in [0.25, 0.3) is 0 Å². The number of aromatic nitrogens is 2. The van der Waals surface area contributed by atoms with Crippen LogP contribution in [-0.2, 0) is 6.54 Å². The molecule has 1 amide bonds.